The first-order valence-corrected chi connectivity index (χ1v) is 9.23. The fourth-order valence-electron chi connectivity index (χ4n) is 3.35. The highest BCUT2D eigenvalue weighted by atomic mass is 16.6. The number of ether oxygens (including phenoxy) is 2. The highest BCUT2D eigenvalue weighted by Crippen LogP contribution is 2.38. The monoisotopic (exact) mass is 376 g/mol. The molecule has 0 aliphatic heterocycles. The quantitative estimate of drug-likeness (QED) is 0.609. The minimum Gasteiger partial charge on any atom is -0.467 e. The Balaban J connectivity index is 2.03. The topological polar surface area (TPSA) is 55.8 Å². The lowest BCUT2D eigenvalue weighted by atomic mass is 9.81. The van der Waals surface area contributed by atoms with Gasteiger partial charge in [-0.1, -0.05) is 91.0 Å². The highest BCUT2D eigenvalue weighted by molar-refractivity contribution is 5.77. The summed E-state index contributed by atoms with van der Waals surface area (Å²) in [5.74, 6) is -0.743. The molecule has 0 amide bonds. The Bertz CT molecular complexity index is 823. The van der Waals surface area contributed by atoms with E-state index in [1.807, 2.05) is 91.0 Å². The van der Waals surface area contributed by atoms with E-state index in [-0.39, 0.29) is 0 Å². The summed E-state index contributed by atoms with van der Waals surface area (Å²) in [5.41, 5.74) is 1.12. The molecule has 0 saturated heterocycles. The summed E-state index contributed by atoms with van der Waals surface area (Å²) in [5, 5.41) is 11.0. The zero-order chi connectivity index (χ0) is 19.8. The van der Waals surface area contributed by atoms with Crippen LogP contribution in [0, 0.1) is 0 Å². The number of rotatable bonds is 8. The normalized spacial score (nSPS) is 12.4. The standard InChI is InChI=1S/C24H24O4/c1-27-23(26)22(25)24(20-13-7-3-8-14-20,21-15-9-4-10-16-21)28-18-17-19-11-5-2-6-12-19/h2-16,22,25H,17-18H2,1H3. The third kappa shape index (κ3) is 4.14. The summed E-state index contributed by atoms with van der Waals surface area (Å²) in [6, 6.07) is 28.5. The van der Waals surface area contributed by atoms with Gasteiger partial charge in [0.2, 0.25) is 0 Å². The third-order valence-electron chi connectivity index (χ3n) is 4.78. The molecule has 0 saturated carbocycles. The zero-order valence-corrected chi connectivity index (χ0v) is 15.8. The van der Waals surface area contributed by atoms with Crippen LogP contribution in [0.15, 0.2) is 91.0 Å². The minimum absolute atomic E-state index is 0.321. The van der Waals surface area contributed by atoms with Gasteiger partial charge >= 0.3 is 5.97 Å². The van der Waals surface area contributed by atoms with E-state index >= 15 is 0 Å². The van der Waals surface area contributed by atoms with Crippen molar-refractivity contribution in [3.05, 3.63) is 108 Å². The van der Waals surface area contributed by atoms with Gasteiger partial charge < -0.3 is 14.6 Å². The van der Waals surface area contributed by atoms with E-state index in [1.54, 1.807) is 0 Å². The second kappa shape index (κ2) is 9.31. The molecule has 0 fully saturated rings. The average molecular weight is 376 g/mol. The molecule has 1 atom stereocenters. The van der Waals surface area contributed by atoms with E-state index in [0.29, 0.717) is 24.2 Å². The fraction of sp³-hybridized carbons (Fsp3) is 0.208. The van der Waals surface area contributed by atoms with Gasteiger partial charge in [0, 0.05) is 0 Å². The SMILES string of the molecule is COC(=O)C(O)C(OCCc1ccccc1)(c1ccccc1)c1ccccc1. The van der Waals surface area contributed by atoms with Crippen LogP contribution in [-0.4, -0.2) is 30.9 Å². The molecule has 0 spiro atoms. The molecule has 0 aliphatic carbocycles. The number of hydrogen-bond donors (Lipinski definition) is 1. The number of carbonyl (C=O) groups is 1. The van der Waals surface area contributed by atoms with Crippen LogP contribution in [0.3, 0.4) is 0 Å². The van der Waals surface area contributed by atoms with Crippen molar-refractivity contribution in [1.82, 2.24) is 0 Å². The largest absolute Gasteiger partial charge is 0.467 e. The molecular weight excluding hydrogens is 352 g/mol. The summed E-state index contributed by atoms with van der Waals surface area (Å²) in [7, 11) is 1.26. The van der Waals surface area contributed by atoms with Crippen molar-refractivity contribution in [1.29, 1.82) is 0 Å². The van der Waals surface area contributed by atoms with Crippen LogP contribution >= 0.6 is 0 Å². The first kappa shape index (κ1) is 19.8. The Morgan fingerprint density at radius 2 is 1.32 bits per heavy atom. The van der Waals surface area contributed by atoms with E-state index in [1.165, 1.54) is 7.11 Å². The molecule has 3 aromatic rings. The number of aliphatic hydroxyl groups excluding tert-OH is 1. The van der Waals surface area contributed by atoms with Gasteiger partial charge in [-0.2, -0.15) is 0 Å². The van der Waals surface area contributed by atoms with Crippen LogP contribution in [0.5, 0.6) is 0 Å². The number of carbonyl (C=O) groups excluding carboxylic acids is 1. The van der Waals surface area contributed by atoms with Gasteiger partial charge in [0.1, 0.15) is 0 Å². The predicted octanol–water partition coefficient (Wildman–Crippen LogP) is 3.72. The molecule has 28 heavy (non-hydrogen) atoms. The average Bonchev–Trinajstić information content (AvgIpc) is 2.78. The number of methoxy groups -OCH3 is 1. The molecular formula is C24H24O4. The molecule has 0 bridgehead atoms. The molecule has 0 aromatic heterocycles. The first-order chi connectivity index (χ1) is 13.7. The maximum Gasteiger partial charge on any atom is 0.338 e. The molecule has 0 aliphatic rings. The van der Waals surface area contributed by atoms with Crippen LogP contribution in [0.4, 0.5) is 0 Å². The molecule has 3 rings (SSSR count). The summed E-state index contributed by atoms with van der Waals surface area (Å²) >= 11 is 0. The molecule has 1 unspecified atom stereocenters. The minimum atomic E-state index is -1.52. The van der Waals surface area contributed by atoms with Crippen LogP contribution < -0.4 is 0 Å². The van der Waals surface area contributed by atoms with Crippen molar-refractivity contribution in [3.63, 3.8) is 0 Å². The van der Waals surface area contributed by atoms with Gasteiger partial charge in [0.15, 0.2) is 11.7 Å². The smallest absolute Gasteiger partial charge is 0.338 e. The van der Waals surface area contributed by atoms with Gasteiger partial charge in [0.05, 0.1) is 13.7 Å². The fourth-order valence-corrected chi connectivity index (χ4v) is 3.35. The van der Waals surface area contributed by atoms with Crippen molar-refractivity contribution >= 4 is 5.97 Å². The van der Waals surface area contributed by atoms with Crippen molar-refractivity contribution in [3.8, 4) is 0 Å². The van der Waals surface area contributed by atoms with Gasteiger partial charge in [-0.15, -0.1) is 0 Å². The van der Waals surface area contributed by atoms with Gasteiger partial charge in [-0.3, -0.25) is 0 Å². The summed E-state index contributed by atoms with van der Waals surface area (Å²) in [4.78, 5) is 12.4. The Labute approximate surface area is 165 Å². The Morgan fingerprint density at radius 1 is 0.857 bits per heavy atom. The van der Waals surface area contributed by atoms with Crippen LogP contribution in [0.1, 0.15) is 16.7 Å². The predicted molar refractivity (Wildman–Crippen MR) is 108 cm³/mol. The lowest BCUT2D eigenvalue weighted by molar-refractivity contribution is -0.170. The first-order valence-electron chi connectivity index (χ1n) is 9.23. The molecule has 0 heterocycles. The molecule has 4 nitrogen and oxygen atoms in total. The lowest BCUT2D eigenvalue weighted by Gasteiger charge is -2.37. The number of aliphatic hydroxyl groups is 1. The van der Waals surface area contributed by atoms with Gasteiger partial charge in [-0.25, -0.2) is 4.79 Å². The second-order valence-corrected chi connectivity index (χ2v) is 6.48. The van der Waals surface area contributed by atoms with E-state index in [0.717, 1.165) is 5.56 Å². The molecule has 3 aromatic carbocycles. The molecule has 144 valence electrons. The lowest BCUT2D eigenvalue weighted by Crippen LogP contribution is -2.48. The zero-order valence-electron chi connectivity index (χ0n) is 15.8. The maximum atomic E-state index is 12.4. The molecule has 4 heteroatoms. The van der Waals surface area contributed by atoms with Crippen molar-refractivity contribution in [2.45, 2.75) is 18.1 Å². The summed E-state index contributed by atoms with van der Waals surface area (Å²) in [6.07, 6.45) is -0.867. The highest BCUT2D eigenvalue weighted by Gasteiger charge is 2.47. The number of hydrogen-bond acceptors (Lipinski definition) is 4. The van der Waals surface area contributed by atoms with Gasteiger partial charge in [0.25, 0.3) is 0 Å². The van der Waals surface area contributed by atoms with Crippen molar-refractivity contribution < 1.29 is 19.4 Å². The third-order valence-corrected chi connectivity index (χ3v) is 4.78. The Morgan fingerprint density at radius 3 is 1.79 bits per heavy atom. The van der Waals surface area contributed by atoms with E-state index in [9.17, 15) is 9.90 Å². The van der Waals surface area contributed by atoms with Crippen LogP contribution in [0.25, 0.3) is 0 Å². The van der Waals surface area contributed by atoms with Crippen LogP contribution in [-0.2, 0) is 26.3 Å². The maximum absolute atomic E-state index is 12.4. The number of benzene rings is 3. The summed E-state index contributed by atoms with van der Waals surface area (Å²) < 4.78 is 11.2. The molecule has 1 N–H and O–H groups in total. The van der Waals surface area contributed by atoms with E-state index in [4.69, 9.17) is 9.47 Å². The molecule has 0 radical (unpaired) electrons. The Kier molecular flexibility index (Phi) is 6.58. The Hall–Kier alpha value is -2.95. The number of esters is 1. The van der Waals surface area contributed by atoms with Crippen molar-refractivity contribution in [2.24, 2.45) is 0 Å². The van der Waals surface area contributed by atoms with E-state index in [2.05, 4.69) is 0 Å². The van der Waals surface area contributed by atoms with Gasteiger partial charge in [-0.05, 0) is 23.1 Å². The van der Waals surface area contributed by atoms with E-state index < -0.39 is 17.7 Å². The second-order valence-electron chi connectivity index (χ2n) is 6.48. The van der Waals surface area contributed by atoms with Crippen LogP contribution in [0.2, 0.25) is 0 Å². The summed E-state index contributed by atoms with van der Waals surface area (Å²) in [6.45, 7) is 0.321. The van der Waals surface area contributed by atoms with Crippen molar-refractivity contribution in [2.75, 3.05) is 13.7 Å².